The van der Waals surface area contributed by atoms with Gasteiger partial charge >= 0.3 is 0 Å². The van der Waals surface area contributed by atoms with Gasteiger partial charge in [-0.2, -0.15) is 0 Å². The quantitative estimate of drug-likeness (QED) is 0.811. The van der Waals surface area contributed by atoms with Crippen LogP contribution in [0.3, 0.4) is 0 Å². The predicted molar refractivity (Wildman–Crippen MR) is 68.2 cm³/mol. The Morgan fingerprint density at radius 3 is 3.11 bits per heavy atom. The number of aliphatic hydroxyl groups is 1. The molecule has 1 unspecified atom stereocenters. The van der Waals surface area contributed by atoms with Crippen molar-refractivity contribution in [2.24, 2.45) is 0 Å². The molecule has 0 bridgehead atoms. The summed E-state index contributed by atoms with van der Waals surface area (Å²) in [5, 5.41) is 12.3. The van der Waals surface area contributed by atoms with E-state index in [0.29, 0.717) is 6.54 Å². The maximum absolute atomic E-state index is 13.6. The fourth-order valence-corrected chi connectivity index (χ4v) is 2.29. The first kappa shape index (κ1) is 13.9. The summed E-state index contributed by atoms with van der Waals surface area (Å²) in [5.41, 5.74) is 0.00134. The predicted octanol–water partition coefficient (Wildman–Crippen LogP) is 0.407. The van der Waals surface area contributed by atoms with Gasteiger partial charge in [0, 0.05) is 25.3 Å². The van der Waals surface area contributed by atoms with Crippen LogP contribution in [0.15, 0.2) is 18.5 Å². The van der Waals surface area contributed by atoms with Crippen LogP contribution < -0.4 is 5.32 Å². The molecule has 1 atom stereocenters. The monoisotopic (exact) mass is 267 g/mol. The third-order valence-electron chi connectivity index (χ3n) is 3.26. The molecular weight excluding hydrogens is 249 g/mol. The van der Waals surface area contributed by atoms with Gasteiger partial charge in [0.2, 0.25) is 0 Å². The second kappa shape index (κ2) is 6.58. The molecule has 0 spiro atoms. The van der Waals surface area contributed by atoms with Crippen molar-refractivity contribution in [3.8, 4) is 0 Å². The van der Waals surface area contributed by atoms with Crippen molar-refractivity contribution in [2.45, 2.75) is 18.9 Å². The van der Waals surface area contributed by atoms with Gasteiger partial charge in [0.15, 0.2) is 5.82 Å². The molecule has 19 heavy (non-hydrogen) atoms. The van der Waals surface area contributed by atoms with Crippen LogP contribution in [0.2, 0.25) is 0 Å². The van der Waals surface area contributed by atoms with Crippen LogP contribution in [0.1, 0.15) is 23.2 Å². The highest BCUT2D eigenvalue weighted by Crippen LogP contribution is 2.12. The molecule has 2 N–H and O–H groups in total. The molecule has 0 saturated carbocycles. The van der Waals surface area contributed by atoms with Gasteiger partial charge in [0.25, 0.3) is 5.91 Å². The second-order valence-electron chi connectivity index (χ2n) is 4.62. The molecule has 6 heteroatoms. The number of carbonyl (C=O) groups excluding carboxylic acids is 1. The van der Waals surface area contributed by atoms with E-state index < -0.39 is 11.7 Å². The largest absolute Gasteiger partial charge is 0.395 e. The van der Waals surface area contributed by atoms with Crippen LogP contribution in [0.5, 0.6) is 0 Å². The van der Waals surface area contributed by atoms with Gasteiger partial charge in [-0.25, -0.2) is 4.39 Å². The zero-order chi connectivity index (χ0) is 13.7. The minimum Gasteiger partial charge on any atom is -0.395 e. The first-order chi connectivity index (χ1) is 9.22. The fourth-order valence-electron chi connectivity index (χ4n) is 2.29. The lowest BCUT2D eigenvalue weighted by Gasteiger charge is -2.25. The lowest BCUT2D eigenvalue weighted by atomic mass is 10.1. The van der Waals surface area contributed by atoms with Crippen molar-refractivity contribution in [3.05, 3.63) is 29.8 Å². The molecule has 1 fully saturated rings. The van der Waals surface area contributed by atoms with Crippen molar-refractivity contribution < 1.29 is 14.3 Å². The van der Waals surface area contributed by atoms with Crippen LogP contribution in [0, 0.1) is 5.82 Å². The van der Waals surface area contributed by atoms with E-state index in [-0.39, 0.29) is 24.8 Å². The Labute approximate surface area is 111 Å². The number of aliphatic hydroxyl groups excluding tert-OH is 1. The maximum Gasteiger partial charge on any atom is 0.257 e. The summed E-state index contributed by atoms with van der Waals surface area (Å²) < 4.78 is 13.6. The van der Waals surface area contributed by atoms with Crippen LogP contribution >= 0.6 is 0 Å². The number of carbonyl (C=O) groups is 1. The highest BCUT2D eigenvalue weighted by atomic mass is 19.1. The third-order valence-corrected chi connectivity index (χ3v) is 3.26. The number of amides is 1. The topological polar surface area (TPSA) is 65.5 Å². The normalized spacial score (nSPS) is 18.5. The van der Waals surface area contributed by atoms with Crippen LogP contribution in [0.25, 0.3) is 0 Å². The van der Waals surface area contributed by atoms with E-state index >= 15 is 0 Å². The molecule has 2 rings (SSSR count). The third kappa shape index (κ3) is 3.48. The van der Waals surface area contributed by atoms with Crippen LogP contribution in [-0.2, 0) is 0 Å². The van der Waals surface area contributed by atoms with Gasteiger partial charge in [0.1, 0.15) is 0 Å². The molecule has 1 aliphatic heterocycles. The Kier molecular flexibility index (Phi) is 4.81. The Morgan fingerprint density at radius 1 is 1.63 bits per heavy atom. The van der Waals surface area contributed by atoms with E-state index in [2.05, 4.69) is 10.3 Å². The summed E-state index contributed by atoms with van der Waals surface area (Å²) in [7, 11) is 0. The first-order valence-corrected chi connectivity index (χ1v) is 6.45. The minimum absolute atomic E-state index is 0.00134. The summed E-state index contributed by atoms with van der Waals surface area (Å²) in [6.07, 6.45) is 4.49. The molecule has 1 amide bonds. The van der Waals surface area contributed by atoms with Crippen LogP contribution in [0.4, 0.5) is 4.39 Å². The van der Waals surface area contributed by atoms with Gasteiger partial charge in [-0.15, -0.1) is 0 Å². The highest BCUT2D eigenvalue weighted by molar-refractivity contribution is 5.94. The molecule has 0 aromatic carbocycles. The van der Waals surface area contributed by atoms with Gasteiger partial charge in [0.05, 0.1) is 18.4 Å². The molecular formula is C13H18FN3O2. The van der Waals surface area contributed by atoms with Gasteiger partial charge < -0.3 is 15.3 Å². The number of nitrogens with zero attached hydrogens (tertiary/aromatic N) is 2. The smallest absolute Gasteiger partial charge is 0.257 e. The fraction of sp³-hybridized carbons (Fsp3) is 0.538. The van der Waals surface area contributed by atoms with Crippen molar-refractivity contribution >= 4 is 5.91 Å². The van der Waals surface area contributed by atoms with E-state index in [1.54, 1.807) is 0 Å². The molecule has 2 heterocycles. The number of pyridine rings is 1. The molecule has 1 aliphatic rings. The summed E-state index contributed by atoms with van der Waals surface area (Å²) in [4.78, 5) is 17.4. The number of rotatable bonds is 5. The van der Waals surface area contributed by atoms with Crippen molar-refractivity contribution in [2.75, 3.05) is 26.2 Å². The Morgan fingerprint density at radius 2 is 2.47 bits per heavy atom. The van der Waals surface area contributed by atoms with E-state index in [0.717, 1.165) is 25.6 Å². The first-order valence-electron chi connectivity index (χ1n) is 6.45. The summed E-state index contributed by atoms with van der Waals surface area (Å²) in [6, 6.07) is 1.59. The summed E-state index contributed by atoms with van der Waals surface area (Å²) >= 11 is 0. The van der Waals surface area contributed by atoms with E-state index in [1.807, 2.05) is 0 Å². The molecule has 0 radical (unpaired) electrons. The number of hydrogen-bond donors (Lipinski definition) is 2. The Hall–Kier alpha value is -1.53. The average Bonchev–Trinajstić information content (AvgIpc) is 2.91. The Bertz CT molecular complexity index is 436. The molecule has 0 aliphatic carbocycles. The number of halogens is 1. The van der Waals surface area contributed by atoms with Crippen molar-refractivity contribution in [1.82, 2.24) is 15.2 Å². The lowest BCUT2D eigenvalue weighted by molar-refractivity contribution is 0.0701. The zero-order valence-electron chi connectivity index (χ0n) is 10.7. The second-order valence-corrected chi connectivity index (χ2v) is 4.62. The van der Waals surface area contributed by atoms with Crippen molar-refractivity contribution in [3.63, 3.8) is 0 Å². The SMILES string of the molecule is O=C(c1ccncc1F)N(CCO)CC1CCCN1. The van der Waals surface area contributed by atoms with Crippen molar-refractivity contribution in [1.29, 1.82) is 0 Å². The minimum atomic E-state index is -0.630. The van der Waals surface area contributed by atoms with Gasteiger partial charge in [-0.1, -0.05) is 0 Å². The molecule has 1 aromatic rings. The van der Waals surface area contributed by atoms with Gasteiger partial charge in [-0.3, -0.25) is 9.78 Å². The standard InChI is InChI=1S/C13H18FN3O2/c14-12-8-15-5-3-11(12)13(19)17(6-7-18)9-10-2-1-4-16-10/h3,5,8,10,16,18H,1-2,4,6-7,9H2. The van der Waals surface area contributed by atoms with Crippen LogP contribution in [-0.4, -0.2) is 53.2 Å². The summed E-state index contributed by atoms with van der Waals surface area (Å²) in [5.74, 6) is -1.03. The van der Waals surface area contributed by atoms with E-state index in [9.17, 15) is 9.18 Å². The molecule has 104 valence electrons. The molecule has 5 nitrogen and oxygen atoms in total. The van der Waals surface area contributed by atoms with Gasteiger partial charge in [-0.05, 0) is 25.5 Å². The maximum atomic E-state index is 13.6. The van der Waals surface area contributed by atoms with E-state index in [4.69, 9.17) is 5.11 Å². The average molecular weight is 267 g/mol. The number of hydrogen-bond acceptors (Lipinski definition) is 4. The number of aromatic nitrogens is 1. The zero-order valence-corrected chi connectivity index (χ0v) is 10.7. The summed E-state index contributed by atoms with van der Waals surface area (Å²) in [6.45, 7) is 1.50. The molecule has 1 aromatic heterocycles. The number of nitrogens with one attached hydrogen (secondary N) is 1. The molecule has 1 saturated heterocycles. The highest BCUT2D eigenvalue weighted by Gasteiger charge is 2.23. The lowest BCUT2D eigenvalue weighted by Crippen LogP contribution is -2.42. The Balaban J connectivity index is 2.09. The van der Waals surface area contributed by atoms with E-state index in [1.165, 1.54) is 17.2 Å².